The van der Waals surface area contributed by atoms with E-state index in [2.05, 4.69) is 16.5 Å². The number of phenolic OH excluding ortho intramolecular Hbond substituents is 1. The smallest absolute Gasteiger partial charge is 0.246 e. The number of fused-ring (bicyclic) bond motifs is 2. The molecule has 10 nitrogen and oxygen atoms in total. The Hall–Kier alpha value is -4.68. The third-order valence-electron chi connectivity index (χ3n) is 8.02. The predicted octanol–water partition coefficient (Wildman–Crippen LogP) is 3.52. The van der Waals surface area contributed by atoms with Gasteiger partial charge in [0.2, 0.25) is 17.7 Å². The first kappa shape index (κ1) is 29.4. The molecule has 2 saturated heterocycles. The summed E-state index contributed by atoms with van der Waals surface area (Å²) in [6, 6.07) is 12.3. The van der Waals surface area contributed by atoms with Gasteiger partial charge in [0.05, 0.1) is 28.8 Å². The number of hydrogen-bond acceptors (Lipinski definition) is 8. The van der Waals surface area contributed by atoms with E-state index >= 15 is 0 Å². The van der Waals surface area contributed by atoms with Gasteiger partial charge in [-0.2, -0.15) is 0 Å². The van der Waals surface area contributed by atoms with Crippen LogP contribution in [-0.4, -0.2) is 84.5 Å². The van der Waals surface area contributed by atoms with Gasteiger partial charge in [0, 0.05) is 38.3 Å². The van der Waals surface area contributed by atoms with Crippen LogP contribution in [-0.2, 0) is 33.8 Å². The number of rotatable bonds is 9. The fourth-order valence-electron chi connectivity index (χ4n) is 5.98. The Morgan fingerprint density at radius 3 is 2.70 bits per heavy atom. The highest BCUT2D eigenvalue weighted by molar-refractivity contribution is 7.16. The molecule has 0 radical (unpaired) electrons. The van der Waals surface area contributed by atoms with Crippen LogP contribution in [0, 0.1) is 5.82 Å². The highest BCUT2D eigenvalue weighted by Gasteiger charge is 2.51. The third kappa shape index (κ3) is 5.78. The van der Waals surface area contributed by atoms with Crippen molar-refractivity contribution in [2.24, 2.45) is 0 Å². The molecule has 2 atom stereocenters. The zero-order valence-electron chi connectivity index (χ0n) is 23.9. The summed E-state index contributed by atoms with van der Waals surface area (Å²) < 4.78 is 14.9. The maximum absolute atomic E-state index is 14.5. The molecule has 2 aromatic heterocycles. The first-order valence-electron chi connectivity index (χ1n) is 14.3. The second-order valence-corrected chi connectivity index (χ2v) is 11.7. The molecule has 0 bridgehead atoms. The molecule has 4 heterocycles. The van der Waals surface area contributed by atoms with E-state index in [-0.39, 0.29) is 68.3 Å². The average molecular weight is 615 g/mol. The van der Waals surface area contributed by atoms with Crippen molar-refractivity contribution in [3.8, 4) is 5.75 Å². The van der Waals surface area contributed by atoms with Gasteiger partial charge >= 0.3 is 0 Å². The SMILES string of the molecule is C=CCN1CC(=O)N2[C@@H](Cc3ccc(O)cc3)C(=O)N(Cc3ccc(F)c4scnc34)C[C@@H]2N1C(=O)CCc1cccnc1. The van der Waals surface area contributed by atoms with Gasteiger partial charge < -0.3 is 14.9 Å². The Labute approximate surface area is 257 Å². The van der Waals surface area contributed by atoms with Crippen molar-refractivity contribution in [2.75, 3.05) is 19.6 Å². The third-order valence-corrected chi connectivity index (χ3v) is 8.86. The Morgan fingerprint density at radius 2 is 1.95 bits per heavy atom. The minimum absolute atomic E-state index is 0.0614. The summed E-state index contributed by atoms with van der Waals surface area (Å²) in [7, 11) is 0. The van der Waals surface area contributed by atoms with Gasteiger partial charge in [-0.25, -0.2) is 19.4 Å². The van der Waals surface area contributed by atoms with Crippen molar-refractivity contribution in [1.82, 2.24) is 29.8 Å². The summed E-state index contributed by atoms with van der Waals surface area (Å²) >= 11 is 1.19. The number of thiazole rings is 1. The van der Waals surface area contributed by atoms with Crippen LogP contribution in [0.25, 0.3) is 10.2 Å². The average Bonchev–Trinajstić information content (AvgIpc) is 3.52. The molecule has 2 aliphatic heterocycles. The van der Waals surface area contributed by atoms with E-state index < -0.39 is 12.2 Å². The van der Waals surface area contributed by atoms with Gasteiger partial charge in [-0.1, -0.05) is 30.3 Å². The Kier molecular flexibility index (Phi) is 8.36. The number of phenols is 1. The van der Waals surface area contributed by atoms with Gasteiger partial charge in [0.15, 0.2) is 0 Å². The molecule has 226 valence electrons. The molecule has 4 aromatic rings. The Bertz CT molecular complexity index is 1700. The molecule has 0 saturated carbocycles. The first-order valence-corrected chi connectivity index (χ1v) is 15.2. The number of benzene rings is 2. The number of hydrogen-bond donors (Lipinski definition) is 1. The number of hydrazine groups is 1. The summed E-state index contributed by atoms with van der Waals surface area (Å²) in [6.45, 7) is 4.20. The number of carbonyl (C=O) groups excluding carboxylic acids is 3. The lowest BCUT2D eigenvalue weighted by Crippen LogP contribution is -2.75. The molecule has 6 rings (SSSR count). The van der Waals surface area contributed by atoms with Crippen LogP contribution in [0.15, 0.2) is 79.1 Å². The molecular weight excluding hydrogens is 583 g/mol. The van der Waals surface area contributed by atoms with Crippen LogP contribution in [0.1, 0.15) is 23.1 Å². The molecule has 2 aromatic carbocycles. The van der Waals surface area contributed by atoms with Crippen LogP contribution in [0.4, 0.5) is 4.39 Å². The molecule has 12 heteroatoms. The Morgan fingerprint density at radius 1 is 1.14 bits per heavy atom. The van der Waals surface area contributed by atoms with E-state index in [1.54, 1.807) is 57.1 Å². The van der Waals surface area contributed by atoms with Gasteiger partial charge in [-0.05, 0) is 47.4 Å². The number of halogens is 1. The minimum Gasteiger partial charge on any atom is -0.508 e. The van der Waals surface area contributed by atoms with E-state index in [0.717, 1.165) is 11.1 Å². The van der Waals surface area contributed by atoms with Crippen molar-refractivity contribution < 1.29 is 23.9 Å². The van der Waals surface area contributed by atoms with Crippen LogP contribution >= 0.6 is 11.3 Å². The van der Waals surface area contributed by atoms with E-state index in [9.17, 15) is 23.9 Å². The second kappa shape index (κ2) is 12.5. The number of aromatic nitrogens is 2. The maximum Gasteiger partial charge on any atom is 0.246 e. The molecule has 0 unspecified atom stereocenters. The van der Waals surface area contributed by atoms with Gasteiger partial charge in [-0.15, -0.1) is 17.9 Å². The Balaban J connectivity index is 1.37. The van der Waals surface area contributed by atoms with Gasteiger partial charge in [0.1, 0.15) is 23.8 Å². The fraction of sp³-hybridized carbons (Fsp3) is 0.281. The van der Waals surface area contributed by atoms with Crippen LogP contribution in [0.2, 0.25) is 0 Å². The molecular formula is C32H31FN6O4S. The molecule has 2 aliphatic rings. The number of carbonyl (C=O) groups is 3. The summed E-state index contributed by atoms with van der Waals surface area (Å²) in [6.07, 6.45) is 5.08. The standard InChI is InChI=1S/C32H31FN6O4S/c1-2-14-37-19-29(42)38-26(15-21-5-9-24(40)10-6-21)32(43)36(17-23-8-11-25(33)31-30(23)35-20-44-31)18-27(38)39(37)28(41)12-7-22-4-3-13-34-16-22/h2-6,8-11,13,16,20,26-27,40H,1,7,12,14-15,17-19H2/t26-,27-/m0/s1. The normalized spacial score (nSPS) is 19.0. The minimum atomic E-state index is -0.906. The fourth-order valence-corrected chi connectivity index (χ4v) is 6.72. The summed E-state index contributed by atoms with van der Waals surface area (Å²) in [5.41, 5.74) is 4.39. The quantitative estimate of drug-likeness (QED) is 0.287. The lowest BCUT2D eigenvalue weighted by Gasteiger charge is -2.55. The van der Waals surface area contributed by atoms with Gasteiger partial charge in [0.25, 0.3) is 0 Å². The van der Waals surface area contributed by atoms with E-state index in [1.165, 1.54) is 34.4 Å². The molecule has 1 N–H and O–H groups in total. The van der Waals surface area contributed by atoms with E-state index in [4.69, 9.17) is 0 Å². The number of pyridine rings is 1. The molecule has 3 amide bonds. The number of aryl methyl sites for hydroxylation is 1. The summed E-state index contributed by atoms with van der Waals surface area (Å²) in [4.78, 5) is 53.6. The van der Waals surface area contributed by atoms with E-state index in [1.807, 2.05) is 12.1 Å². The van der Waals surface area contributed by atoms with Crippen molar-refractivity contribution in [1.29, 1.82) is 0 Å². The lowest BCUT2D eigenvalue weighted by atomic mass is 9.98. The molecule has 2 fully saturated rings. The number of amides is 3. The monoisotopic (exact) mass is 614 g/mol. The first-order chi connectivity index (χ1) is 21.3. The highest BCUT2D eigenvalue weighted by Crippen LogP contribution is 2.32. The van der Waals surface area contributed by atoms with Crippen molar-refractivity contribution in [3.63, 3.8) is 0 Å². The van der Waals surface area contributed by atoms with Gasteiger partial charge in [-0.3, -0.25) is 19.4 Å². The van der Waals surface area contributed by atoms with Crippen molar-refractivity contribution in [3.05, 3.63) is 102 Å². The van der Waals surface area contributed by atoms with Crippen LogP contribution in [0.5, 0.6) is 5.75 Å². The van der Waals surface area contributed by atoms with Crippen LogP contribution in [0.3, 0.4) is 0 Å². The molecule has 44 heavy (non-hydrogen) atoms. The van der Waals surface area contributed by atoms with Crippen LogP contribution < -0.4 is 0 Å². The summed E-state index contributed by atoms with van der Waals surface area (Å²) in [5, 5.41) is 13.1. The van der Waals surface area contributed by atoms with E-state index in [0.29, 0.717) is 22.2 Å². The van der Waals surface area contributed by atoms with Crippen molar-refractivity contribution >= 4 is 39.3 Å². The molecule has 0 spiro atoms. The highest BCUT2D eigenvalue weighted by atomic mass is 32.1. The second-order valence-electron chi connectivity index (χ2n) is 10.9. The van der Waals surface area contributed by atoms with Crippen molar-refractivity contribution in [2.45, 2.75) is 38.0 Å². The zero-order valence-corrected chi connectivity index (χ0v) is 24.7. The number of aromatic hydroxyl groups is 1. The topological polar surface area (TPSA) is 110 Å². The largest absolute Gasteiger partial charge is 0.508 e. The predicted molar refractivity (Wildman–Crippen MR) is 162 cm³/mol. The maximum atomic E-state index is 14.5. The summed E-state index contributed by atoms with van der Waals surface area (Å²) in [5.74, 6) is -1.04. The molecule has 0 aliphatic carbocycles. The zero-order chi connectivity index (χ0) is 30.8. The number of piperazine rings is 1. The number of nitrogens with zero attached hydrogens (tertiary/aromatic N) is 6. The lowest BCUT2D eigenvalue weighted by molar-refractivity contribution is -0.205.